The van der Waals surface area contributed by atoms with E-state index in [0.29, 0.717) is 11.4 Å². The van der Waals surface area contributed by atoms with Gasteiger partial charge >= 0.3 is 0 Å². The zero-order valence-corrected chi connectivity index (χ0v) is 9.36. The van der Waals surface area contributed by atoms with Crippen molar-refractivity contribution in [1.29, 1.82) is 0 Å². The number of hydrogen-bond acceptors (Lipinski definition) is 4. The molecule has 0 aliphatic heterocycles. The average molecular weight is 217 g/mol. The van der Waals surface area contributed by atoms with Crippen LogP contribution in [0.3, 0.4) is 0 Å². The molecule has 2 rings (SSSR count). The molecule has 0 radical (unpaired) electrons. The van der Waals surface area contributed by atoms with Gasteiger partial charge in [-0.2, -0.15) is 5.10 Å². The minimum Gasteiger partial charge on any atom is -0.397 e. The van der Waals surface area contributed by atoms with Crippen molar-refractivity contribution in [3.63, 3.8) is 0 Å². The van der Waals surface area contributed by atoms with Gasteiger partial charge < -0.3 is 16.8 Å². The lowest BCUT2D eigenvalue weighted by atomic mass is 10.2. The van der Waals surface area contributed by atoms with Crippen LogP contribution in [-0.2, 0) is 7.05 Å². The van der Waals surface area contributed by atoms with E-state index < -0.39 is 0 Å². The monoisotopic (exact) mass is 217 g/mol. The van der Waals surface area contributed by atoms with Crippen molar-refractivity contribution in [3.05, 3.63) is 30.1 Å². The summed E-state index contributed by atoms with van der Waals surface area (Å²) >= 11 is 0. The van der Waals surface area contributed by atoms with E-state index in [2.05, 4.69) is 10.4 Å². The van der Waals surface area contributed by atoms with Crippen molar-refractivity contribution in [2.45, 2.75) is 6.92 Å². The molecule has 84 valence electrons. The number of aryl methyl sites for hydroxylation is 2. The Morgan fingerprint density at radius 3 is 2.56 bits per heavy atom. The molecule has 5 N–H and O–H groups in total. The predicted octanol–water partition coefficient (Wildman–Crippen LogP) is 1.64. The van der Waals surface area contributed by atoms with E-state index in [1.165, 1.54) is 0 Å². The Kier molecular flexibility index (Phi) is 2.44. The number of benzene rings is 1. The number of anilines is 4. The summed E-state index contributed by atoms with van der Waals surface area (Å²) in [6.45, 7) is 1.95. The zero-order chi connectivity index (χ0) is 11.7. The highest BCUT2D eigenvalue weighted by molar-refractivity contribution is 5.72. The number of nitrogen functional groups attached to an aromatic ring is 2. The van der Waals surface area contributed by atoms with Crippen molar-refractivity contribution in [2.24, 2.45) is 7.05 Å². The molecule has 0 aliphatic carbocycles. The Morgan fingerprint density at radius 1 is 1.25 bits per heavy atom. The molecular weight excluding hydrogens is 202 g/mol. The molecule has 0 unspecified atom stereocenters. The van der Waals surface area contributed by atoms with Crippen LogP contribution in [0.5, 0.6) is 0 Å². The summed E-state index contributed by atoms with van der Waals surface area (Å²) in [6.07, 6.45) is 1.92. The third-order valence-corrected chi connectivity index (χ3v) is 2.38. The summed E-state index contributed by atoms with van der Waals surface area (Å²) < 4.78 is 1.76. The molecule has 5 heteroatoms. The second-order valence-corrected chi connectivity index (χ2v) is 3.77. The van der Waals surface area contributed by atoms with Gasteiger partial charge in [0.1, 0.15) is 0 Å². The largest absolute Gasteiger partial charge is 0.397 e. The van der Waals surface area contributed by atoms with Crippen LogP contribution < -0.4 is 16.8 Å². The first kappa shape index (κ1) is 10.4. The fourth-order valence-electron chi connectivity index (χ4n) is 1.53. The molecule has 1 heterocycles. The maximum atomic E-state index is 5.73. The maximum absolute atomic E-state index is 5.73. The molecular formula is C11H15N5. The van der Waals surface area contributed by atoms with Crippen molar-refractivity contribution in [2.75, 3.05) is 16.8 Å². The Balaban J connectivity index is 2.27. The van der Waals surface area contributed by atoms with Gasteiger partial charge in [-0.3, -0.25) is 4.68 Å². The van der Waals surface area contributed by atoms with E-state index in [-0.39, 0.29) is 0 Å². The highest BCUT2D eigenvalue weighted by atomic mass is 15.3. The second kappa shape index (κ2) is 3.77. The van der Waals surface area contributed by atoms with Gasteiger partial charge in [0.25, 0.3) is 0 Å². The van der Waals surface area contributed by atoms with Crippen molar-refractivity contribution >= 4 is 22.7 Å². The third kappa shape index (κ3) is 1.93. The first-order valence-corrected chi connectivity index (χ1v) is 4.98. The maximum Gasteiger partial charge on any atom is 0.0828 e. The van der Waals surface area contributed by atoms with Crippen LogP contribution in [-0.4, -0.2) is 9.78 Å². The van der Waals surface area contributed by atoms with Crippen LogP contribution in [0.1, 0.15) is 5.69 Å². The lowest BCUT2D eigenvalue weighted by Crippen LogP contribution is -1.97. The number of nitrogens with two attached hydrogens (primary N) is 2. The molecule has 1 aromatic carbocycles. The molecule has 0 fully saturated rings. The molecule has 0 amide bonds. The summed E-state index contributed by atoms with van der Waals surface area (Å²) in [5, 5.41) is 7.49. The molecule has 1 aromatic heterocycles. The van der Waals surface area contributed by atoms with Crippen molar-refractivity contribution < 1.29 is 0 Å². The summed E-state index contributed by atoms with van der Waals surface area (Å²) in [7, 11) is 1.88. The minimum atomic E-state index is 0.576. The van der Waals surface area contributed by atoms with Crippen LogP contribution in [0.2, 0.25) is 0 Å². The highest BCUT2D eigenvalue weighted by Gasteiger charge is 2.03. The topological polar surface area (TPSA) is 81.9 Å². The summed E-state index contributed by atoms with van der Waals surface area (Å²) in [6, 6.07) is 5.48. The molecule has 0 bridgehead atoms. The van der Waals surface area contributed by atoms with E-state index in [4.69, 9.17) is 11.5 Å². The van der Waals surface area contributed by atoms with Crippen LogP contribution >= 0.6 is 0 Å². The van der Waals surface area contributed by atoms with Gasteiger partial charge in [0.05, 0.1) is 22.8 Å². The van der Waals surface area contributed by atoms with E-state index in [0.717, 1.165) is 17.1 Å². The van der Waals surface area contributed by atoms with Crippen molar-refractivity contribution in [1.82, 2.24) is 9.78 Å². The van der Waals surface area contributed by atoms with Gasteiger partial charge in [-0.15, -0.1) is 0 Å². The number of aromatic nitrogens is 2. The van der Waals surface area contributed by atoms with Gasteiger partial charge in [0, 0.05) is 18.9 Å². The van der Waals surface area contributed by atoms with Crippen LogP contribution in [0, 0.1) is 6.92 Å². The van der Waals surface area contributed by atoms with E-state index in [1.807, 2.05) is 32.3 Å². The molecule has 0 aliphatic rings. The van der Waals surface area contributed by atoms with Gasteiger partial charge in [-0.25, -0.2) is 0 Å². The Morgan fingerprint density at radius 2 is 2.00 bits per heavy atom. The Hall–Kier alpha value is -2.17. The first-order valence-electron chi connectivity index (χ1n) is 4.98. The third-order valence-electron chi connectivity index (χ3n) is 2.38. The van der Waals surface area contributed by atoms with E-state index in [1.54, 1.807) is 10.7 Å². The van der Waals surface area contributed by atoms with Crippen molar-refractivity contribution in [3.8, 4) is 0 Å². The molecule has 16 heavy (non-hydrogen) atoms. The molecule has 0 saturated carbocycles. The molecule has 0 atom stereocenters. The quantitative estimate of drug-likeness (QED) is 0.668. The van der Waals surface area contributed by atoms with Crippen LogP contribution in [0.15, 0.2) is 24.4 Å². The molecule has 5 nitrogen and oxygen atoms in total. The Bertz CT molecular complexity index is 515. The number of hydrogen-bond donors (Lipinski definition) is 3. The number of nitrogens with one attached hydrogen (secondary N) is 1. The van der Waals surface area contributed by atoms with Crippen LogP contribution in [0.4, 0.5) is 22.7 Å². The lowest BCUT2D eigenvalue weighted by molar-refractivity contribution is 0.756. The molecule has 0 saturated heterocycles. The minimum absolute atomic E-state index is 0.576. The normalized spacial score (nSPS) is 10.4. The van der Waals surface area contributed by atoms with Gasteiger partial charge in [0.15, 0.2) is 0 Å². The standard InChI is InChI=1S/C11H15N5/c1-7-11(6-16(2)15-7)14-8-3-4-9(12)10(13)5-8/h3-6,14H,12-13H2,1-2H3. The average Bonchev–Trinajstić information content (AvgIpc) is 2.51. The number of rotatable bonds is 2. The lowest BCUT2D eigenvalue weighted by Gasteiger charge is -2.07. The number of nitrogens with zero attached hydrogens (tertiary/aromatic N) is 2. The summed E-state index contributed by atoms with van der Waals surface area (Å²) in [5.41, 5.74) is 15.4. The van der Waals surface area contributed by atoms with Crippen LogP contribution in [0.25, 0.3) is 0 Å². The Labute approximate surface area is 94.1 Å². The second-order valence-electron chi connectivity index (χ2n) is 3.77. The van der Waals surface area contributed by atoms with Gasteiger partial charge in [0.2, 0.25) is 0 Å². The van der Waals surface area contributed by atoms with Gasteiger partial charge in [-0.1, -0.05) is 0 Å². The first-order chi connectivity index (χ1) is 7.56. The predicted molar refractivity (Wildman–Crippen MR) is 66.5 cm³/mol. The van der Waals surface area contributed by atoms with E-state index in [9.17, 15) is 0 Å². The molecule has 0 spiro atoms. The van der Waals surface area contributed by atoms with E-state index >= 15 is 0 Å². The molecule has 2 aromatic rings. The van der Waals surface area contributed by atoms with Gasteiger partial charge in [-0.05, 0) is 25.1 Å². The highest BCUT2D eigenvalue weighted by Crippen LogP contribution is 2.24. The smallest absolute Gasteiger partial charge is 0.0828 e. The fourth-order valence-corrected chi connectivity index (χ4v) is 1.53. The SMILES string of the molecule is Cc1nn(C)cc1Nc1ccc(N)c(N)c1. The fraction of sp³-hybridized carbons (Fsp3) is 0.182. The summed E-state index contributed by atoms with van der Waals surface area (Å²) in [5.74, 6) is 0. The zero-order valence-electron chi connectivity index (χ0n) is 9.36. The summed E-state index contributed by atoms with van der Waals surface area (Å²) in [4.78, 5) is 0.